The Bertz CT molecular complexity index is 1460. The van der Waals surface area contributed by atoms with Crippen LogP contribution in [-0.2, 0) is 6.54 Å². The molecule has 0 saturated carbocycles. The fourth-order valence-electron chi connectivity index (χ4n) is 4.63. The summed E-state index contributed by atoms with van der Waals surface area (Å²) < 4.78 is 44.4. The molecule has 12 heteroatoms. The van der Waals surface area contributed by atoms with E-state index in [0.29, 0.717) is 41.9 Å². The van der Waals surface area contributed by atoms with E-state index < -0.39 is 18.6 Å². The summed E-state index contributed by atoms with van der Waals surface area (Å²) in [5.74, 6) is -0.471. The summed E-state index contributed by atoms with van der Waals surface area (Å²) in [6.07, 6.45) is -1.15. The molecule has 0 bridgehead atoms. The van der Waals surface area contributed by atoms with Gasteiger partial charge in [0.1, 0.15) is 6.54 Å². The highest BCUT2D eigenvalue weighted by Gasteiger charge is 2.29. The number of nitrogens with one attached hydrogen (secondary N) is 1. The van der Waals surface area contributed by atoms with E-state index in [0.717, 1.165) is 18.4 Å². The van der Waals surface area contributed by atoms with Crippen LogP contribution in [0.2, 0.25) is 0 Å². The Kier molecular flexibility index (Phi) is 6.87. The van der Waals surface area contributed by atoms with Crippen LogP contribution < -0.4 is 5.32 Å². The summed E-state index contributed by atoms with van der Waals surface area (Å²) in [6, 6.07) is 12.4. The zero-order chi connectivity index (χ0) is 26.9. The number of rotatable bonds is 6. The van der Waals surface area contributed by atoms with Crippen molar-refractivity contribution in [3.63, 3.8) is 0 Å². The second-order valence-corrected chi connectivity index (χ2v) is 9.34. The maximum absolute atomic E-state index is 12.9. The molecule has 0 unspecified atom stereocenters. The van der Waals surface area contributed by atoms with E-state index in [4.69, 9.17) is 4.52 Å². The number of alkyl halides is 3. The summed E-state index contributed by atoms with van der Waals surface area (Å²) in [5.41, 5.74) is 2.19. The van der Waals surface area contributed by atoms with Gasteiger partial charge in [0.2, 0.25) is 5.82 Å². The van der Waals surface area contributed by atoms with Crippen molar-refractivity contribution in [2.75, 3.05) is 19.6 Å². The molecule has 3 heterocycles. The quantitative estimate of drug-likeness (QED) is 0.403. The van der Waals surface area contributed by atoms with Gasteiger partial charge in [0, 0.05) is 42.3 Å². The molecule has 0 aliphatic carbocycles. The Morgan fingerprint density at radius 2 is 1.84 bits per heavy atom. The highest BCUT2D eigenvalue weighted by Crippen LogP contribution is 2.25. The van der Waals surface area contributed by atoms with Gasteiger partial charge in [-0.05, 0) is 43.4 Å². The highest BCUT2D eigenvalue weighted by atomic mass is 19.4. The minimum Gasteiger partial charge on any atom is -0.343 e. The van der Waals surface area contributed by atoms with E-state index in [9.17, 15) is 22.8 Å². The lowest BCUT2D eigenvalue weighted by atomic mass is 9.97. The number of nitrogens with zero attached hydrogens (tertiary/aromatic N) is 5. The molecule has 4 aromatic rings. The van der Waals surface area contributed by atoms with E-state index in [-0.39, 0.29) is 23.3 Å². The number of hydrogen-bond donors (Lipinski definition) is 1. The molecule has 1 aliphatic heterocycles. The first-order valence-corrected chi connectivity index (χ1v) is 12.2. The van der Waals surface area contributed by atoms with Crippen LogP contribution in [0.25, 0.3) is 22.3 Å². The largest absolute Gasteiger partial charge is 0.405 e. The summed E-state index contributed by atoms with van der Waals surface area (Å²) >= 11 is 0. The van der Waals surface area contributed by atoms with Gasteiger partial charge in [0.15, 0.2) is 0 Å². The molecule has 2 aromatic heterocycles. The Morgan fingerprint density at radius 3 is 2.55 bits per heavy atom. The fourth-order valence-corrected chi connectivity index (χ4v) is 4.63. The molecule has 1 N–H and O–H groups in total. The zero-order valence-electron chi connectivity index (χ0n) is 20.5. The van der Waals surface area contributed by atoms with Crippen molar-refractivity contribution >= 4 is 22.7 Å². The van der Waals surface area contributed by atoms with E-state index in [1.54, 1.807) is 22.6 Å². The lowest BCUT2D eigenvalue weighted by Crippen LogP contribution is -2.39. The van der Waals surface area contributed by atoms with Crippen molar-refractivity contribution < 1.29 is 27.3 Å². The molecule has 198 valence electrons. The standard InChI is InChI=1S/C26H25F3N6O3/c1-16-19(23(36)30-15-26(27,28)29)7-8-21-20(16)14-35(32-21)13-17-9-11-34(12-10-17)25(37)24-31-22(33-38-24)18-5-3-2-4-6-18/h2-8,14,17H,9-13,15H2,1H3,(H,30,36). The number of carbonyl (C=O) groups excluding carboxylic acids is 2. The maximum Gasteiger partial charge on any atom is 0.405 e. The molecule has 1 aliphatic rings. The van der Waals surface area contributed by atoms with Gasteiger partial charge < -0.3 is 14.7 Å². The molecule has 5 rings (SSSR count). The first-order chi connectivity index (χ1) is 18.2. The van der Waals surface area contributed by atoms with Gasteiger partial charge in [-0.3, -0.25) is 14.3 Å². The van der Waals surface area contributed by atoms with Gasteiger partial charge in [-0.2, -0.15) is 23.3 Å². The SMILES string of the molecule is Cc1c(C(=O)NCC(F)(F)F)ccc2nn(CC3CCN(C(=O)c4nc(-c5ccccc5)no4)CC3)cc12. The molecule has 1 saturated heterocycles. The Labute approximate surface area is 215 Å². The van der Waals surface area contributed by atoms with Crippen LogP contribution in [0.5, 0.6) is 0 Å². The van der Waals surface area contributed by atoms with Crippen LogP contribution >= 0.6 is 0 Å². The first kappa shape index (κ1) is 25.4. The van der Waals surface area contributed by atoms with E-state index >= 15 is 0 Å². The molecule has 2 amide bonds. The van der Waals surface area contributed by atoms with Crippen molar-refractivity contribution in [1.82, 2.24) is 30.1 Å². The Hall–Kier alpha value is -4.22. The minimum atomic E-state index is -4.48. The molecule has 0 atom stereocenters. The molecule has 38 heavy (non-hydrogen) atoms. The second-order valence-electron chi connectivity index (χ2n) is 9.34. The van der Waals surface area contributed by atoms with Crippen LogP contribution in [-0.4, -0.2) is 62.4 Å². The number of aryl methyl sites for hydroxylation is 1. The van der Waals surface area contributed by atoms with Crippen LogP contribution in [0, 0.1) is 12.8 Å². The monoisotopic (exact) mass is 526 g/mol. The number of halogens is 3. The molecule has 9 nitrogen and oxygen atoms in total. The van der Waals surface area contributed by atoms with Gasteiger partial charge in [-0.25, -0.2) is 0 Å². The van der Waals surface area contributed by atoms with Gasteiger partial charge in [-0.1, -0.05) is 35.5 Å². The van der Waals surface area contributed by atoms with Gasteiger partial charge in [-0.15, -0.1) is 0 Å². The number of likely N-dealkylation sites (tertiary alicyclic amines) is 1. The molecule has 0 radical (unpaired) electrons. The van der Waals surface area contributed by atoms with Gasteiger partial charge in [0.05, 0.1) is 5.52 Å². The maximum atomic E-state index is 12.9. The first-order valence-electron chi connectivity index (χ1n) is 12.2. The molecular formula is C26H25F3N6O3. The number of amides is 2. The number of fused-ring (bicyclic) bond motifs is 1. The third-order valence-corrected chi connectivity index (χ3v) is 6.69. The van der Waals surface area contributed by atoms with Gasteiger partial charge >= 0.3 is 18.0 Å². The predicted molar refractivity (Wildman–Crippen MR) is 131 cm³/mol. The molecule has 1 fully saturated rings. The summed E-state index contributed by atoms with van der Waals surface area (Å²) in [7, 11) is 0. The zero-order valence-corrected chi connectivity index (χ0v) is 20.5. The number of piperidine rings is 1. The minimum absolute atomic E-state index is 0.0359. The summed E-state index contributed by atoms with van der Waals surface area (Å²) in [5, 5.41) is 11.1. The average Bonchev–Trinajstić information content (AvgIpc) is 3.56. The van der Waals surface area contributed by atoms with Crippen molar-refractivity contribution in [2.24, 2.45) is 5.92 Å². The highest BCUT2D eigenvalue weighted by molar-refractivity contribution is 6.00. The second kappa shape index (κ2) is 10.3. The molecule has 2 aromatic carbocycles. The fraction of sp³-hybridized carbons (Fsp3) is 0.346. The topological polar surface area (TPSA) is 106 Å². The third kappa shape index (κ3) is 5.53. The van der Waals surface area contributed by atoms with Crippen LogP contribution in [0.1, 0.15) is 39.4 Å². The lowest BCUT2D eigenvalue weighted by molar-refractivity contribution is -0.123. The van der Waals surface area contributed by atoms with Crippen LogP contribution in [0.4, 0.5) is 13.2 Å². The van der Waals surface area contributed by atoms with Crippen molar-refractivity contribution in [1.29, 1.82) is 0 Å². The third-order valence-electron chi connectivity index (χ3n) is 6.69. The van der Waals surface area contributed by atoms with E-state index in [1.165, 1.54) is 6.07 Å². The molecular weight excluding hydrogens is 501 g/mol. The predicted octanol–water partition coefficient (Wildman–Crippen LogP) is 4.24. The van der Waals surface area contributed by atoms with E-state index in [2.05, 4.69) is 15.2 Å². The van der Waals surface area contributed by atoms with Crippen molar-refractivity contribution in [2.45, 2.75) is 32.5 Å². The van der Waals surface area contributed by atoms with Crippen molar-refractivity contribution in [3.8, 4) is 11.4 Å². The number of aromatic nitrogens is 4. The Balaban J connectivity index is 1.19. The number of carbonyl (C=O) groups is 2. The number of benzene rings is 2. The van der Waals surface area contributed by atoms with Crippen LogP contribution in [0.3, 0.4) is 0 Å². The Morgan fingerprint density at radius 1 is 1.11 bits per heavy atom. The summed E-state index contributed by atoms with van der Waals surface area (Å²) in [6.45, 7) is 2.00. The van der Waals surface area contributed by atoms with Crippen LogP contribution in [0.15, 0.2) is 53.2 Å². The van der Waals surface area contributed by atoms with Gasteiger partial charge in [0.25, 0.3) is 5.91 Å². The van der Waals surface area contributed by atoms with Crippen molar-refractivity contribution in [3.05, 3.63) is 65.7 Å². The smallest absolute Gasteiger partial charge is 0.343 e. The summed E-state index contributed by atoms with van der Waals surface area (Å²) in [4.78, 5) is 31.1. The number of hydrogen-bond acceptors (Lipinski definition) is 6. The van der Waals surface area contributed by atoms with E-state index in [1.807, 2.05) is 41.8 Å². The average molecular weight is 527 g/mol. The lowest BCUT2D eigenvalue weighted by Gasteiger charge is -2.30. The molecule has 0 spiro atoms. The normalized spacial score (nSPS) is 14.7.